The molecule has 0 saturated carbocycles. The predicted molar refractivity (Wildman–Crippen MR) is 164 cm³/mol. The zero-order valence-corrected chi connectivity index (χ0v) is 26.3. The summed E-state index contributed by atoms with van der Waals surface area (Å²) in [7, 11) is 2.79. The lowest BCUT2D eigenvalue weighted by atomic mass is 10.1. The molecule has 0 saturated heterocycles. The number of rotatable bonds is 13. The van der Waals surface area contributed by atoms with E-state index < -0.39 is 59.8 Å². The molecule has 3 aromatic rings. The minimum absolute atomic E-state index is 0.106. The summed E-state index contributed by atoms with van der Waals surface area (Å²) in [4.78, 5) is 48.4. The average molecular weight is 683 g/mol. The molecular weight excluding hydrogens is 652 g/mol. The van der Waals surface area contributed by atoms with Gasteiger partial charge in [0.2, 0.25) is 0 Å². The summed E-state index contributed by atoms with van der Waals surface area (Å²) in [5, 5.41) is 4.57. The number of likely N-dealkylation sites (N-methyl/N-ethyl adjacent to an activating group) is 2. The van der Waals surface area contributed by atoms with Crippen LogP contribution in [0.3, 0.4) is 0 Å². The van der Waals surface area contributed by atoms with Gasteiger partial charge in [0.15, 0.2) is 48.0 Å². The number of fused-ring (bicyclic) bond motifs is 1. The molecule has 0 unspecified atom stereocenters. The summed E-state index contributed by atoms with van der Waals surface area (Å²) in [5.74, 6) is -5.62. The maximum Gasteiger partial charge on any atom is 0.261 e. The van der Waals surface area contributed by atoms with Crippen LogP contribution in [0.4, 0.5) is 17.6 Å². The molecule has 1 aliphatic rings. The molecule has 4 N–H and O–H groups in total. The van der Waals surface area contributed by atoms with Gasteiger partial charge < -0.3 is 25.8 Å². The Kier molecular flexibility index (Phi) is 13.7. The molecule has 0 aromatic heterocycles. The highest BCUT2D eigenvalue weighted by molar-refractivity contribution is 7.99. The molecule has 3 aromatic carbocycles. The van der Waals surface area contributed by atoms with Gasteiger partial charge in [0.05, 0.1) is 11.1 Å². The molecule has 46 heavy (non-hydrogen) atoms. The fourth-order valence-corrected chi connectivity index (χ4v) is 5.42. The smallest absolute Gasteiger partial charge is 0.261 e. The molecule has 4 rings (SSSR count). The van der Waals surface area contributed by atoms with Crippen molar-refractivity contribution in [3.8, 4) is 11.5 Å². The highest BCUT2D eigenvalue weighted by Gasteiger charge is 2.34. The summed E-state index contributed by atoms with van der Waals surface area (Å²) >= 11 is 2.34. The Hall–Kier alpha value is -4.28. The Morgan fingerprint density at radius 1 is 0.739 bits per heavy atom. The Bertz CT molecular complexity index is 1520. The van der Waals surface area contributed by atoms with Gasteiger partial charge in [-0.15, -0.1) is 23.5 Å². The third kappa shape index (κ3) is 9.61. The van der Waals surface area contributed by atoms with Gasteiger partial charge in [-0.3, -0.25) is 24.1 Å². The standard InChI is InChI=1S/C19H16F2N2O4S.C11H14F2N2O2S/c1-22-16(24)10-27-17-14(20)8-11(9-15(17)21)28-7-6-23-18(25)12-4-2-3-5-13(12)19(23)26;1-15-10(16)6-17-11-8(12)4-7(5-9(11)13)18-3-2-14/h2-5,8-9H,6-7,10H2,1H3,(H,22,24);4-5H,2-3,6,14H2,1H3,(H,15,16). The van der Waals surface area contributed by atoms with Crippen molar-refractivity contribution in [2.75, 3.05) is 51.9 Å². The van der Waals surface area contributed by atoms with Crippen LogP contribution in [0, 0.1) is 23.3 Å². The third-order valence-electron chi connectivity index (χ3n) is 6.04. The van der Waals surface area contributed by atoms with Gasteiger partial charge >= 0.3 is 0 Å². The van der Waals surface area contributed by atoms with Crippen molar-refractivity contribution in [1.82, 2.24) is 15.5 Å². The summed E-state index contributed by atoms with van der Waals surface area (Å²) in [5.41, 5.74) is 6.01. The maximum atomic E-state index is 14.1. The molecule has 246 valence electrons. The highest BCUT2D eigenvalue weighted by atomic mass is 32.2. The number of nitrogens with two attached hydrogens (primary N) is 1. The van der Waals surface area contributed by atoms with Crippen LogP contribution in [-0.4, -0.2) is 80.4 Å². The van der Waals surface area contributed by atoms with Gasteiger partial charge in [-0.05, 0) is 36.4 Å². The number of thioether (sulfide) groups is 2. The van der Waals surface area contributed by atoms with E-state index in [2.05, 4.69) is 10.6 Å². The topological polar surface area (TPSA) is 140 Å². The fourth-order valence-electron chi connectivity index (χ4n) is 3.81. The van der Waals surface area contributed by atoms with Gasteiger partial charge in [-0.2, -0.15) is 0 Å². The van der Waals surface area contributed by atoms with Crippen LogP contribution in [-0.2, 0) is 9.59 Å². The van der Waals surface area contributed by atoms with E-state index in [0.29, 0.717) is 28.3 Å². The quantitative estimate of drug-likeness (QED) is 0.140. The lowest BCUT2D eigenvalue weighted by Gasteiger charge is -2.14. The minimum Gasteiger partial charge on any atom is -0.478 e. The van der Waals surface area contributed by atoms with Crippen molar-refractivity contribution in [1.29, 1.82) is 0 Å². The molecule has 1 heterocycles. The van der Waals surface area contributed by atoms with E-state index in [4.69, 9.17) is 15.2 Å². The first kappa shape index (κ1) is 36.2. The number of hydrogen-bond acceptors (Lipinski definition) is 9. The van der Waals surface area contributed by atoms with Crippen molar-refractivity contribution < 1.29 is 46.2 Å². The molecule has 1 aliphatic heterocycles. The SMILES string of the molecule is CNC(=O)COc1c(F)cc(SCCN)cc1F.CNC(=O)COc1c(F)cc(SCCN2C(=O)c3ccccc3C2=O)cc1F. The van der Waals surface area contributed by atoms with E-state index in [-0.39, 0.29) is 29.0 Å². The van der Waals surface area contributed by atoms with Crippen molar-refractivity contribution >= 4 is 47.2 Å². The Morgan fingerprint density at radius 3 is 1.50 bits per heavy atom. The Labute approximate surface area is 270 Å². The second-order valence-electron chi connectivity index (χ2n) is 9.15. The Balaban J connectivity index is 0.000000277. The van der Waals surface area contributed by atoms with Crippen molar-refractivity contribution in [2.45, 2.75) is 9.79 Å². The molecular formula is C30H30F4N4O6S2. The van der Waals surface area contributed by atoms with E-state index in [1.165, 1.54) is 25.9 Å². The Morgan fingerprint density at radius 2 is 1.13 bits per heavy atom. The first-order valence-corrected chi connectivity index (χ1v) is 15.5. The number of imide groups is 1. The first-order valence-electron chi connectivity index (χ1n) is 13.6. The second kappa shape index (κ2) is 17.4. The number of benzene rings is 3. The van der Waals surface area contributed by atoms with Crippen LogP contribution >= 0.6 is 23.5 Å². The lowest BCUT2D eigenvalue weighted by Crippen LogP contribution is -2.31. The predicted octanol–water partition coefficient (Wildman–Crippen LogP) is 3.62. The average Bonchev–Trinajstić information content (AvgIpc) is 3.27. The number of carbonyl (C=O) groups is 4. The van der Waals surface area contributed by atoms with Crippen LogP contribution in [0.25, 0.3) is 0 Å². The van der Waals surface area contributed by atoms with Gasteiger partial charge in [0.1, 0.15) is 0 Å². The number of amides is 4. The number of nitrogens with one attached hydrogen (secondary N) is 2. The monoisotopic (exact) mass is 682 g/mol. The van der Waals surface area contributed by atoms with Gasteiger partial charge in [-0.1, -0.05) is 12.1 Å². The maximum absolute atomic E-state index is 14.1. The van der Waals surface area contributed by atoms with Crippen LogP contribution in [0.5, 0.6) is 11.5 Å². The van der Waals surface area contributed by atoms with Crippen LogP contribution in [0.2, 0.25) is 0 Å². The summed E-state index contributed by atoms with van der Waals surface area (Å²) in [6.45, 7) is -0.409. The van der Waals surface area contributed by atoms with Gasteiger partial charge in [0.25, 0.3) is 23.6 Å². The van der Waals surface area contributed by atoms with Crippen molar-refractivity contribution in [3.05, 3.63) is 82.9 Å². The van der Waals surface area contributed by atoms with Crippen LogP contribution in [0.15, 0.2) is 58.3 Å². The molecule has 0 fully saturated rings. The third-order valence-corrected chi connectivity index (χ3v) is 8.01. The molecule has 0 spiro atoms. The molecule has 16 heteroatoms. The molecule has 4 amide bonds. The first-order chi connectivity index (χ1) is 22.0. The summed E-state index contributed by atoms with van der Waals surface area (Å²) in [6, 6.07) is 11.0. The fraction of sp³-hybridized carbons (Fsp3) is 0.267. The molecule has 10 nitrogen and oxygen atoms in total. The van der Waals surface area contributed by atoms with E-state index >= 15 is 0 Å². The zero-order valence-electron chi connectivity index (χ0n) is 24.7. The zero-order chi connectivity index (χ0) is 33.8. The molecule has 0 atom stereocenters. The van der Waals surface area contributed by atoms with E-state index in [9.17, 15) is 36.7 Å². The number of nitrogens with zero attached hydrogens (tertiary/aromatic N) is 1. The van der Waals surface area contributed by atoms with Crippen molar-refractivity contribution in [3.63, 3.8) is 0 Å². The second-order valence-corrected chi connectivity index (χ2v) is 11.5. The van der Waals surface area contributed by atoms with Gasteiger partial charge in [0, 0.05) is 48.5 Å². The minimum atomic E-state index is -0.938. The number of ether oxygens (including phenoxy) is 2. The summed E-state index contributed by atoms with van der Waals surface area (Å²) < 4.78 is 64.9. The van der Waals surface area contributed by atoms with E-state index in [1.54, 1.807) is 24.3 Å². The normalized spacial score (nSPS) is 11.8. The van der Waals surface area contributed by atoms with E-state index in [0.717, 1.165) is 40.9 Å². The molecule has 0 bridgehead atoms. The largest absolute Gasteiger partial charge is 0.478 e. The molecule has 0 aliphatic carbocycles. The van der Waals surface area contributed by atoms with Crippen LogP contribution < -0.4 is 25.8 Å². The summed E-state index contributed by atoms with van der Waals surface area (Å²) in [6.07, 6.45) is 0. The number of carbonyl (C=O) groups excluding carboxylic acids is 4. The lowest BCUT2D eigenvalue weighted by molar-refractivity contribution is -0.123. The van der Waals surface area contributed by atoms with Crippen molar-refractivity contribution in [2.24, 2.45) is 5.73 Å². The van der Waals surface area contributed by atoms with E-state index in [1.807, 2.05) is 0 Å². The highest BCUT2D eigenvalue weighted by Crippen LogP contribution is 2.30. The number of halogens is 4. The molecule has 0 radical (unpaired) electrons. The van der Waals surface area contributed by atoms with Crippen LogP contribution in [0.1, 0.15) is 20.7 Å². The van der Waals surface area contributed by atoms with Gasteiger partial charge in [-0.25, -0.2) is 17.6 Å². The number of hydrogen-bond donors (Lipinski definition) is 3.